The van der Waals surface area contributed by atoms with E-state index in [-0.39, 0.29) is 17.7 Å². The lowest BCUT2D eigenvalue weighted by Crippen LogP contribution is -2.19. The van der Waals surface area contributed by atoms with Crippen molar-refractivity contribution >= 4 is 17.4 Å². The van der Waals surface area contributed by atoms with Crippen molar-refractivity contribution in [1.29, 1.82) is 0 Å². The van der Waals surface area contributed by atoms with Crippen LogP contribution in [-0.4, -0.2) is 17.0 Å². The van der Waals surface area contributed by atoms with Gasteiger partial charge in [0.2, 0.25) is 5.91 Å². The number of carbonyl (C=O) groups is 1. The predicted molar refractivity (Wildman–Crippen MR) is 67.0 cm³/mol. The molecule has 17 heavy (non-hydrogen) atoms. The van der Waals surface area contributed by atoms with Gasteiger partial charge in [-0.05, 0) is 18.1 Å². The van der Waals surface area contributed by atoms with Gasteiger partial charge in [0.05, 0.1) is 5.69 Å². The molecule has 0 saturated heterocycles. The van der Waals surface area contributed by atoms with E-state index in [2.05, 4.69) is 10.5 Å². The largest absolute Gasteiger partial charge is 0.409 e. The number of nitrogens with zero attached hydrogens (tertiary/aromatic N) is 1. The van der Waals surface area contributed by atoms with Gasteiger partial charge in [-0.15, -0.1) is 0 Å². The number of nitrogens with one attached hydrogen (secondary N) is 1. The van der Waals surface area contributed by atoms with Crippen LogP contribution in [0.25, 0.3) is 0 Å². The Kier molecular flexibility index (Phi) is 4.51. The van der Waals surface area contributed by atoms with Crippen LogP contribution in [0.15, 0.2) is 29.4 Å². The molecule has 0 fully saturated rings. The molecule has 0 aromatic heterocycles. The maximum absolute atomic E-state index is 11.6. The van der Waals surface area contributed by atoms with Crippen LogP contribution in [0.2, 0.25) is 0 Å². The lowest BCUT2D eigenvalue weighted by molar-refractivity contribution is -0.116. The highest BCUT2D eigenvalue weighted by atomic mass is 16.4. The summed E-state index contributed by atoms with van der Waals surface area (Å²) in [4.78, 5) is 11.6. The van der Waals surface area contributed by atoms with E-state index in [0.717, 1.165) is 0 Å². The first-order valence-corrected chi connectivity index (χ1v) is 5.41. The van der Waals surface area contributed by atoms with E-state index >= 15 is 0 Å². The average molecular weight is 235 g/mol. The SMILES string of the molecule is CC(C)CC(=O)Nc1ccccc1C(N)=NO. The zero-order valence-electron chi connectivity index (χ0n) is 9.97. The third kappa shape index (κ3) is 3.79. The van der Waals surface area contributed by atoms with E-state index in [4.69, 9.17) is 10.9 Å². The van der Waals surface area contributed by atoms with Gasteiger partial charge < -0.3 is 16.3 Å². The summed E-state index contributed by atoms with van der Waals surface area (Å²) < 4.78 is 0. The summed E-state index contributed by atoms with van der Waals surface area (Å²) in [5.74, 6) is 0.176. The fourth-order valence-electron chi connectivity index (χ4n) is 1.44. The molecule has 0 bridgehead atoms. The van der Waals surface area contributed by atoms with Crippen molar-refractivity contribution in [3.8, 4) is 0 Å². The van der Waals surface area contributed by atoms with E-state index in [1.54, 1.807) is 24.3 Å². The predicted octanol–water partition coefficient (Wildman–Crippen LogP) is 1.77. The first-order chi connectivity index (χ1) is 8.04. The van der Waals surface area contributed by atoms with Gasteiger partial charge in [-0.2, -0.15) is 0 Å². The van der Waals surface area contributed by atoms with Crippen molar-refractivity contribution in [2.24, 2.45) is 16.8 Å². The molecule has 0 aliphatic rings. The second kappa shape index (κ2) is 5.89. The number of carbonyl (C=O) groups excluding carboxylic acids is 1. The molecule has 92 valence electrons. The highest BCUT2D eigenvalue weighted by Gasteiger charge is 2.10. The van der Waals surface area contributed by atoms with E-state index in [1.807, 2.05) is 13.8 Å². The van der Waals surface area contributed by atoms with E-state index in [0.29, 0.717) is 17.7 Å². The van der Waals surface area contributed by atoms with Crippen molar-refractivity contribution in [1.82, 2.24) is 0 Å². The van der Waals surface area contributed by atoms with Crippen molar-refractivity contribution in [3.05, 3.63) is 29.8 Å². The number of anilines is 1. The Balaban J connectivity index is 2.88. The fraction of sp³-hybridized carbons (Fsp3) is 0.333. The number of benzene rings is 1. The Morgan fingerprint density at radius 2 is 2.12 bits per heavy atom. The number of hydrogen-bond acceptors (Lipinski definition) is 3. The summed E-state index contributed by atoms with van der Waals surface area (Å²) in [6, 6.07) is 6.93. The lowest BCUT2D eigenvalue weighted by Gasteiger charge is -2.10. The van der Waals surface area contributed by atoms with Crippen LogP contribution in [0, 0.1) is 5.92 Å². The summed E-state index contributed by atoms with van der Waals surface area (Å²) >= 11 is 0. The molecular formula is C12H17N3O2. The molecule has 0 spiro atoms. The van der Waals surface area contributed by atoms with Crippen LogP contribution >= 0.6 is 0 Å². The van der Waals surface area contributed by atoms with Gasteiger partial charge >= 0.3 is 0 Å². The van der Waals surface area contributed by atoms with Crippen molar-refractivity contribution in [2.45, 2.75) is 20.3 Å². The normalized spacial score (nSPS) is 11.6. The first-order valence-electron chi connectivity index (χ1n) is 5.41. The van der Waals surface area contributed by atoms with Gasteiger partial charge in [-0.3, -0.25) is 4.79 Å². The Morgan fingerprint density at radius 3 is 2.71 bits per heavy atom. The highest BCUT2D eigenvalue weighted by molar-refractivity contribution is 6.05. The molecule has 0 atom stereocenters. The quantitative estimate of drug-likeness (QED) is 0.321. The summed E-state index contributed by atoms with van der Waals surface area (Å²) in [7, 11) is 0. The maximum atomic E-state index is 11.6. The monoisotopic (exact) mass is 235 g/mol. The zero-order valence-corrected chi connectivity index (χ0v) is 9.97. The average Bonchev–Trinajstić information content (AvgIpc) is 2.27. The topological polar surface area (TPSA) is 87.7 Å². The second-order valence-electron chi connectivity index (χ2n) is 4.18. The molecule has 1 amide bonds. The molecule has 1 aromatic carbocycles. The molecule has 0 radical (unpaired) electrons. The molecule has 4 N–H and O–H groups in total. The third-order valence-corrected chi connectivity index (χ3v) is 2.18. The third-order valence-electron chi connectivity index (χ3n) is 2.18. The molecule has 1 aromatic rings. The number of para-hydroxylation sites is 1. The first kappa shape index (κ1) is 13.0. The van der Waals surface area contributed by atoms with Crippen LogP contribution in [0.3, 0.4) is 0 Å². The fourth-order valence-corrected chi connectivity index (χ4v) is 1.44. The standard InChI is InChI=1S/C12H17N3O2/c1-8(2)7-11(16)14-10-6-4-3-5-9(10)12(13)15-17/h3-6,8,17H,7H2,1-2H3,(H2,13,15)(H,14,16). The summed E-state index contributed by atoms with van der Waals surface area (Å²) in [5.41, 5.74) is 6.58. The Morgan fingerprint density at radius 1 is 1.47 bits per heavy atom. The minimum Gasteiger partial charge on any atom is -0.409 e. The molecule has 5 heteroatoms. The highest BCUT2D eigenvalue weighted by Crippen LogP contribution is 2.15. The molecular weight excluding hydrogens is 218 g/mol. The Bertz CT molecular complexity index is 428. The maximum Gasteiger partial charge on any atom is 0.224 e. The molecule has 5 nitrogen and oxygen atoms in total. The van der Waals surface area contributed by atoms with Crippen molar-refractivity contribution < 1.29 is 10.0 Å². The minimum atomic E-state index is -0.0850. The molecule has 1 rings (SSSR count). The van der Waals surface area contributed by atoms with E-state index < -0.39 is 0 Å². The van der Waals surface area contributed by atoms with Crippen LogP contribution in [0.5, 0.6) is 0 Å². The van der Waals surface area contributed by atoms with E-state index in [1.165, 1.54) is 0 Å². The van der Waals surface area contributed by atoms with Crippen LogP contribution < -0.4 is 11.1 Å². The minimum absolute atomic E-state index is 0.0227. The lowest BCUT2D eigenvalue weighted by atomic mass is 10.1. The summed E-state index contributed by atoms with van der Waals surface area (Å²) in [6.45, 7) is 3.93. The zero-order chi connectivity index (χ0) is 12.8. The smallest absolute Gasteiger partial charge is 0.224 e. The van der Waals surface area contributed by atoms with Gasteiger partial charge in [0.25, 0.3) is 0 Å². The van der Waals surface area contributed by atoms with Crippen molar-refractivity contribution in [2.75, 3.05) is 5.32 Å². The number of hydrogen-bond donors (Lipinski definition) is 3. The molecule has 0 unspecified atom stereocenters. The number of nitrogens with two attached hydrogens (primary N) is 1. The Hall–Kier alpha value is -2.04. The molecule has 0 heterocycles. The van der Waals surface area contributed by atoms with Gasteiger partial charge in [0, 0.05) is 12.0 Å². The van der Waals surface area contributed by atoms with Crippen LogP contribution in [0.1, 0.15) is 25.8 Å². The molecule has 0 aliphatic carbocycles. The van der Waals surface area contributed by atoms with Crippen molar-refractivity contribution in [3.63, 3.8) is 0 Å². The van der Waals surface area contributed by atoms with Gasteiger partial charge in [0.1, 0.15) is 0 Å². The number of amides is 1. The second-order valence-corrected chi connectivity index (χ2v) is 4.18. The molecule has 0 saturated carbocycles. The number of amidine groups is 1. The Labute approximate surface area is 100 Å². The van der Waals surface area contributed by atoms with Gasteiger partial charge in [0.15, 0.2) is 5.84 Å². The number of oxime groups is 1. The van der Waals surface area contributed by atoms with E-state index in [9.17, 15) is 4.79 Å². The van der Waals surface area contributed by atoms with Crippen LogP contribution in [0.4, 0.5) is 5.69 Å². The molecule has 0 aliphatic heterocycles. The summed E-state index contributed by atoms with van der Waals surface area (Å²) in [5, 5.41) is 14.3. The summed E-state index contributed by atoms with van der Waals surface area (Å²) in [6.07, 6.45) is 0.435. The van der Waals surface area contributed by atoms with Crippen LogP contribution in [-0.2, 0) is 4.79 Å². The van der Waals surface area contributed by atoms with Gasteiger partial charge in [-0.1, -0.05) is 31.1 Å². The number of rotatable bonds is 4. The van der Waals surface area contributed by atoms with Gasteiger partial charge in [-0.25, -0.2) is 0 Å².